The number of urea groups is 1. The lowest BCUT2D eigenvalue weighted by Crippen LogP contribution is -2.49. The van der Waals surface area contributed by atoms with Gasteiger partial charge in [-0.2, -0.15) is 4.31 Å². The molecule has 1 aliphatic heterocycles. The molecule has 0 aliphatic carbocycles. The van der Waals surface area contributed by atoms with Gasteiger partial charge in [-0.25, -0.2) is 17.6 Å². The van der Waals surface area contributed by atoms with Crippen molar-refractivity contribution >= 4 is 27.4 Å². The van der Waals surface area contributed by atoms with Crippen LogP contribution in [0.4, 0.5) is 20.6 Å². The summed E-state index contributed by atoms with van der Waals surface area (Å²) in [6, 6.07) is 7.28. The number of carbonyl (C=O) groups excluding carboxylic acids is 1. The number of carbonyl (C=O) groups is 1. The molecule has 1 fully saturated rings. The summed E-state index contributed by atoms with van der Waals surface area (Å²) in [4.78, 5) is 18.1. The van der Waals surface area contributed by atoms with Gasteiger partial charge in [-0.1, -0.05) is 0 Å². The number of anilines is 2. The average molecular weight is 436 g/mol. The van der Waals surface area contributed by atoms with E-state index >= 15 is 0 Å². The SMILES string of the molecule is CC(C)S(=O)(=O)N1CCN(Cc2cc(F)cc(NC(=O)Nc3cccnc3)c2)CC1. The Kier molecular flexibility index (Phi) is 7.01. The monoisotopic (exact) mass is 435 g/mol. The van der Waals surface area contributed by atoms with Crippen LogP contribution in [-0.2, 0) is 16.6 Å². The lowest BCUT2D eigenvalue weighted by Gasteiger charge is -2.34. The smallest absolute Gasteiger partial charge is 0.308 e. The molecule has 1 saturated heterocycles. The maximum Gasteiger partial charge on any atom is 0.323 e. The molecule has 10 heteroatoms. The quantitative estimate of drug-likeness (QED) is 0.728. The molecule has 1 aromatic carbocycles. The Hall–Kier alpha value is -2.56. The Morgan fingerprint density at radius 3 is 2.47 bits per heavy atom. The largest absolute Gasteiger partial charge is 0.323 e. The van der Waals surface area contributed by atoms with Crippen molar-refractivity contribution in [3.05, 3.63) is 54.1 Å². The molecule has 2 amide bonds. The van der Waals surface area contributed by atoms with Gasteiger partial charge in [0.05, 0.1) is 17.1 Å². The molecule has 0 spiro atoms. The van der Waals surface area contributed by atoms with Gasteiger partial charge in [0.15, 0.2) is 0 Å². The minimum atomic E-state index is -3.26. The van der Waals surface area contributed by atoms with E-state index in [2.05, 4.69) is 20.5 Å². The molecule has 3 rings (SSSR count). The Morgan fingerprint density at radius 1 is 1.13 bits per heavy atom. The third-order valence-corrected chi connectivity index (χ3v) is 7.10. The van der Waals surface area contributed by atoms with Crippen molar-refractivity contribution in [2.75, 3.05) is 36.8 Å². The Bertz CT molecular complexity index is 977. The molecule has 0 saturated carbocycles. The standard InChI is InChI=1S/C20H26FN5O3S/c1-15(2)30(28,29)26-8-6-25(7-9-26)14-16-10-17(21)12-19(11-16)24-20(27)23-18-4-3-5-22-13-18/h3-5,10-13,15H,6-9,14H2,1-2H3,(H2,23,24,27). The van der Waals surface area contributed by atoms with Crippen LogP contribution in [-0.4, -0.2) is 60.1 Å². The van der Waals surface area contributed by atoms with E-state index in [4.69, 9.17) is 0 Å². The molecule has 0 radical (unpaired) electrons. The Morgan fingerprint density at radius 2 is 1.83 bits per heavy atom. The summed E-state index contributed by atoms with van der Waals surface area (Å²) in [7, 11) is -3.26. The summed E-state index contributed by atoms with van der Waals surface area (Å²) in [6.07, 6.45) is 3.11. The van der Waals surface area contributed by atoms with Crippen molar-refractivity contribution in [3.63, 3.8) is 0 Å². The number of aromatic nitrogens is 1. The van der Waals surface area contributed by atoms with Crippen molar-refractivity contribution in [1.29, 1.82) is 0 Å². The second kappa shape index (κ2) is 9.50. The number of hydrogen-bond donors (Lipinski definition) is 2. The number of benzene rings is 1. The number of pyridine rings is 1. The lowest BCUT2D eigenvalue weighted by atomic mass is 10.1. The molecular weight excluding hydrogens is 409 g/mol. The first-order valence-corrected chi connectivity index (χ1v) is 11.2. The molecule has 30 heavy (non-hydrogen) atoms. The van der Waals surface area contributed by atoms with Crippen LogP contribution in [0.2, 0.25) is 0 Å². The van der Waals surface area contributed by atoms with Crippen LogP contribution in [0.5, 0.6) is 0 Å². The predicted octanol–water partition coefficient (Wildman–Crippen LogP) is 2.72. The van der Waals surface area contributed by atoms with E-state index in [1.165, 1.54) is 22.6 Å². The highest BCUT2D eigenvalue weighted by atomic mass is 32.2. The van der Waals surface area contributed by atoms with Crippen LogP contribution in [0, 0.1) is 5.82 Å². The fourth-order valence-corrected chi connectivity index (χ4v) is 4.51. The van der Waals surface area contributed by atoms with Crippen LogP contribution in [0.1, 0.15) is 19.4 Å². The maximum absolute atomic E-state index is 14.1. The number of rotatable bonds is 6. The van der Waals surface area contributed by atoms with Crippen LogP contribution >= 0.6 is 0 Å². The van der Waals surface area contributed by atoms with Crippen molar-refractivity contribution in [3.8, 4) is 0 Å². The molecule has 1 aromatic heterocycles. The third-order valence-electron chi connectivity index (χ3n) is 4.83. The van der Waals surface area contributed by atoms with E-state index in [0.29, 0.717) is 49.7 Å². The Balaban J connectivity index is 1.59. The molecule has 2 heterocycles. The van der Waals surface area contributed by atoms with E-state index in [1.54, 1.807) is 38.2 Å². The fourth-order valence-electron chi connectivity index (χ4n) is 3.24. The third kappa shape index (κ3) is 5.74. The zero-order chi connectivity index (χ0) is 21.7. The van der Waals surface area contributed by atoms with Gasteiger partial charge in [0.1, 0.15) is 5.82 Å². The summed E-state index contributed by atoms with van der Waals surface area (Å²) < 4.78 is 40.2. The molecular formula is C20H26FN5O3S. The van der Waals surface area contributed by atoms with Crippen LogP contribution in [0.25, 0.3) is 0 Å². The molecule has 2 N–H and O–H groups in total. The fraction of sp³-hybridized carbons (Fsp3) is 0.400. The Labute approximate surface area is 176 Å². The van der Waals surface area contributed by atoms with E-state index in [9.17, 15) is 17.6 Å². The van der Waals surface area contributed by atoms with Gasteiger partial charge in [-0.3, -0.25) is 9.88 Å². The molecule has 0 unspecified atom stereocenters. The highest BCUT2D eigenvalue weighted by Gasteiger charge is 2.29. The second-order valence-corrected chi connectivity index (χ2v) is 9.93. The molecule has 0 atom stereocenters. The summed E-state index contributed by atoms with van der Waals surface area (Å²) in [5, 5.41) is 4.81. The predicted molar refractivity (Wildman–Crippen MR) is 114 cm³/mol. The topological polar surface area (TPSA) is 94.6 Å². The van der Waals surface area contributed by atoms with Gasteiger partial charge >= 0.3 is 6.03 Å². The number of hydrogen-bond acceptors (Lipinski definition) is 5. The number of nitrogens with zero attached hydrogens (tertiary/aromatic N) is 3. The number of amides is 2. The number of sulfonamides is 1. The van der Waals surface area contributed by atoms with E-state index in [1.807, 2.05) is 0 Å². The van der Waals surface area contributed by atoms with Crippen LogP contribution < -0.4 is 10.6 Å². The van der Waals surface area contributed by atoms with Gasteiger partial charge in [0.25, 0.3) is 0 Å². The van der Waals surface area contributed by atoms with Crippen LogP contribution in [0.15, 0.2) is 42.7 Å². The number of halogens is 1. The minimum Gasteiger partial charge on any atom is -0.308 e. The van der Waals surface area contributed by atoms with E-state index in [-0.39, 0.29) is 0 Å². The average Bonchev–Trinajstić information content (AvgIpc) is 2.68. The second-order valence-electron chi connectivity index (χ2n) is 7.44. The summed E-state index contributed by atoms with van der Waals surface area (Å²) >= 11 is 0. The van der Waals surface area contributed by atoms with E-state index in [0.717, 1.165) is 0 Å². The van der Waals surface area contributed by atoms with Crippen molar-refractivity contribution in [2.24, 2.45) is 0 Å². The minimum absolute atomic E-state index is 0.340. The summed E-state index contributed by atoms with van der Waals surface area (Å²) in [6.45, 7) is 5.76. The summed E-state index contributed by atoms with van der Waals surface area (Å²) in [5.41, 5.74) is 1.57. The maximum atomic E-state index is 14.1. The lowest BCUT2D eigenvalue weighted by molar-refractivity contribution is 0.181. The normalized spacial score (nSPS) is 15.9. The number of piperazine rings is 1. The highest BCUT2D eigenvalue weighted by molar-refractivity contribution is 7.89. The first kappa shape index (κ1) is 22.1. The van der Waals surface area contributed by atoms with Gasteiger partial charge in [-0.05, 0) is 49.7 Å². The van der Waals surface area contributed by atoms with Gasteiger partial charge < -0.3 is 10.6 Å². The van der Waals surface area contributed by atoms with Gasteiger partial charge in [-0.15, -0.1) is 0 Å². The van der Waals surface area contributed by atoms with Gasteiger partial charge in [0.2, 0.25) is 10.0 Å². The summed E-state index contributed by atoms with van der Waals surface area (Å²) in [5.74, 6) is -0.454. The zero-order valence-corrected chi connectivity index (χ0v) is 17.8. The number of nitrogens with one attached hydrogen (secondary N) is 2. The van der Waals surface area contributed by atoms with Crippen molar-refractivity contribution in [2.45, 2.75) is 25.6 Å². The van der Waals surface area contributed by atoms with E-state index < -0.39 is 27.1 Å². The molecule has 162 valence electrons. The molecule has 8 nitrogen and oxygen atoms in total. The van der Waals surface area contributed by atoms with Crippen molar-refractivity contribution in [1.82, 2.24) is 14.2 Å². The first-order valence-electron chi connectivity index (χ1n) is 9.73. The van der Waals surface area contributed by atoms with Gasteiger partial charge in [0, 0.05) is 44.6 Å². The molecule has 2 aromatic rings. The van der Waals surface area contributed by atoms with Crippen LogP contribution in [0.3, 0.4) is 0 Å². The first-order chi connectivity index (χ1) is 14.2. The molecule has 0 bridgehead atoms. The van der Waals surface area contributed by atoms with Crippen molar-refractivity contribution < 1.29 is 17.6 Å². The highest BCUT2D eigenvalue weighted by Crippen LogP contribution is 2.19. The molecule has 1 aliphatic rings. The zero-order valence-electron chi connectivity index (χ0n) is 17.0.